The fourth-order valence-electron chi connectivity index (χ4n) is 1.02. The number of carbonyl (C=O) groups is 2. The van der Waals surface area contributed by atoms with E-state index < -0.39 is 17.4 Å². The van der Waals surface area contributed by atoms with Crippen LogP contribution in [0.2, 0.25) is 0 Å². The van der Waals surface area contributed by atoms with Crippen molar-refractivity contribution in [3.05, 3.63) is 0 Å². The van der Waals surface area contributed by atoms with Crippen LogP contribution in [0.15, 0.2) is 0 Å². The van der Waals surface area contributed by atoms with Crippen molar-refractivity contribution in [1.82, 2.24) is 0 Å². The van der Waals surface area contributed by atoms with Gasteiger partial charge >= 0.3 is 21.1 Å². The minimum absolute atomic E-state index is 0. The molecule has 4 nitrogen and oxygen atoms in total. The SMILES string of the molecule is O=C([O-])C1(C(=O)[O-])CCC1.[Pt+2]. The first-order chi connectivity index (χ1) is 4.59. The second kappa shape index (κ2) is 3.35. The molecule has 1 rings (SSSR count). The summed E-state index contributed by atoms with van der Waals surface area (Å²) in [5.74, 6) is -3.03. The Labute approximate surface area is 77.9 Å². The zero-order valence-electron chi connectivity index (χ0n) is 5.57. The third-order valence-electron chi connectivity index (χ3n) is 1.99. The van der Waals surface area contributed by atoms with Gasteiger partial charge in [-0.15, -0.1) is 0 Å². The predicted octanol–water partition coefficient (Wildman–Crippen LogP) is -2.35. The summed E-state index contributed by atoms with van der Waals surface area (Å²) < 4.78 is 0. The molecule has 0 atom stereocenters. The van der Waals surface area contributed by atoms with E-state index in [-0.39, 0.29) is 33.9 Å². The summed E-state index contributed by atoms with van der Waals surface area (Å²) in [4.78, 5) is 20.4. The standard InChI is InChI=1S/C6H8O4.Pt/c7-4(8)6(5(9)10)2-1-3-6;/h1-3H2,(H,7,8)(H,9,10);/q;+2/p-2. The molecule has 1 aliphatic carbocycles. The van der Waals surface area contributed by atoms with E-state index in [1.54, 1.807) is 0 Å². The first kappa shape index (κ1) is 10.6. The maximum absolute atomic E-state index is 10.2. The van der Waals surface area contributed by atoms with Crippen LogP contribution < -0.4 is 10.2 Å². The monoisotopic (exact) mass is 337 g/mol. The molecular formula is C6H6O4Pt. The molecular weight excluding hydrogens is 331 g/mol. The molecule has 5 heteroatoms. The molecule has 0 amide bonds. The van der Waals surface area contributed by atoms with Gasteiger partial charge in [-0.25, -0.2) is 0 Å². The molecule has 0 aromatic rings. The number of aliphatic carboxylic acids is 2. The Morgan fingerprint density at radius 3 is 1.45 bits per heavy atom. The molecule has 0 unspecified atom stereocenters. The van der Waals surface area contributed by atoms with E-state index >= 15 is 0 Å². The van der Waals surface area contributed by atoms with E-state index in [1.165, 1.54) is 0 Å². The molecule has 64 valence electrons. The van der Waals surface area contributed by atoms with Crippen LogP contribution in [0.25, 0.3) is 0 Å². The first-order valence-corrected chi connectivity index (χ1v) is 3.02. The molecule has 1 fully saturated rings. The Bertz CT molecular complexity index is 169. The van der Waals surface area contributed by atoms with Gasteiger partial charge in [0.1, 0.15) is 0 Å². The summed E-state index contributed by atoms with van der Waals surface area (Å²) in [5, 5.41) is 20.4. The van der Waals surface area contributed by atoms with Crippen LogP contribution in [-0.4, -0.2) is 11.9 Å². The number of carbonyl (C=O) groups excluding carboxylic acids is 2. The average molecular weight is 337 g/mol. The molecule has 0 aromatic heterocycles. The van der Waals surface area contributed by atoms with Gasteiger partial charge in [0, 0.05) is 5.41 Å². The molecule has 1 saturated carbocycles. The van der Waals surface area contributed by atoms with Crippen molar-refractivity contribution in [3.63, 3.8) is 0 Å². The fourth-order valence-corrected chi connectivity index (χ4v) is 1.02. The second-order valence-electron chi connectivity index (χ2n) is 2.51. The van der Waals surface area contributed by atoms with E-state index in [2.05, 4.69) is 0 Å². The molecule has 0 N–H and O–H groups in total. The maximum Gasteiger partial charge on any atom is 2.00 e. The summed E-state index contributed by atoms with van der Waals surface area (Å²) in [6.45, 7) is 0. The third kappa shape index (κ3) is 1.45. The second-order valence-corrected chi connectivity index (χ2v) is 2.51. The van der Waals surface area contributed by atoms with Gasteiger partial charge in [-0.05, 0) is 12.8 Å². The van der Waals surface area contributed by atoms with Crippen molar-refractivity contribution in [2.24, 2.45) is 5.41 Å². The van der Waals surface area contributed by atoms with Crippen LogP contribution in [0, 0.1) is 5.41 Å². The third-order valence-corrected chi connectivity index (χ3v) is 1.99. The van der Waals surface area contributed by atoms with Crippen LogP contribution in [-0.2, 0) is 30.7 Å². The Morgan fingerprint density at radius 2 is 1.45 bits per heavy atom. The Kier molecular flexibility index (Phi) is 3.24. The molecule has 0 radical (unpaired) electrons. The largest absolute Gasteiger partial charge is 2.00 e. The molecule has 0 aromatic carbocycles. The molecule has 0 heterocycles. The van der Waals surface area contributed by atoms with E-state index in [4.69, 9.17) is 0 Å². The van der Waals surface area contributed by atoms with Crippen LogP contribution in [0.1, 0.15) is 19.3 Å². The maximum atomic E-state index is 10.2. The number of carboxylic acids is 2. The Balaban J connectivity index is 0.000001000. The summed E-state index contributed by atoms with van der Waals surface area (Å²) in [5.41, 5.74) is -1.67. The number of hydrogen-bond donors (Lipinski definition) is 0. The van der Waals surface area contributed by atoms with Crippen molar-refractivity contribution in [2.75, 3.05) is 0 Å². The number of rotatable bonds is 2. The molecule has 11 heavy (non-hydrogen) atoms. The van der Waals surface area contributed by atoms with Crippen LogP contribution in [0.4, 0.5) is 0 Å². The van der Waals surface area contributed by atoms with Crippen molar-refractivity contribution >= 4 is 11.9 Å². The molecule has 0 aliphatic heterocycles. The van der Waals surface area contributed by atoms with E-state index in [1.807, 2.05) is 0 Å². The topological polar surface area (TPSA) is 80.3 Å². The minimum Gasteiger partial charge on any atom is -0.549 e. The van der Waals surface area contributed by atoms with Crippen LogP contribution in [0.5, 0.6) is 0 Å². The van der Waals surface area contributed by atoms with Crippen molar-refractivity contribution in [1.29, 1.82) is 0 Å². The molecule has 1 aliphatic rings. The normalized spacial score (nSPS) is 19.3. The van der Waals surface area contributed by atoms with Gasteiger partial charge in [-0.1, -0.05) is 6.42 Å². The number of hydrogen-bond acceptors (Lipinski definition) is 4. The van der Waals surface area contributed by atoms with Gasteiger partial charge in [-0.3, -0.25) is 0 Å². The van der Waals surface area contributed by atoms with Gasteiger partial charge in [-0.2, -0.15) is 0 Å². The van der Waals surface area contributed by atoms with Crippen LogP contribution in [0.3, 0.4) is 0 Å². The number of carboxylic acid groups (broad SMARTS) is 2. The van der Waals surface area contributed by atoms with Gasteiger partial charge in [0.2, 0.25) is 0 Å². The fraction of sp³-hybridized carbons (Fsp3) is 0.667. The predicted molar refractivity (Wildman–Crippen MR) is 26.3 cm³/mol. The zero-order chi connectivity index (χ0) is 7.78. The summed E-state index contributed by atoms with van der Waals surface area (Å²) in [7, 11) is 0. The van der Waals surface area contributed by atoms with Gasteiger partial charge in [0.25, 0.3) is 0 Å². The van der Waals surface area contributed by atoms with E-state index in [0.29, 0.717) is 6.42 Å². The van der Waals surface area contributed by atoms with Gasteiger partial charge in [0.05, 0.1) is 11.9 Å². The first-order valence-electron chi connectivity index (χ1n) is 3.02. The minimum atomic E-state index is -1.67. The van der Waals surface area contributed by atoms with E-state index in [9.17, 15) is 19.8 Å². The average Bonchev–Trinajstić information content (AvgIpc) is 1.57. The van der Waals surface area contributed by atoms with Gasteiger partial charge in [0.15, 0.2) is 0 Å². The molecule has 0 saturated heterocycles. The van der Waals surface area contributed by atoms with Crippen molar-refractivity contribution in [2.45, 2.75) is 19.3 Å². The Hall–Kier alpha value is -0.372. The Morgan fingerprint density at radius 1 is 1.09 bits per heavy atom. The van der Waals surface area contributed by atoms with Crippen LogP contribution >= 0.6 is 0 Å². The zero-order valence-corrected chi connectivity index (χ0v) is 7.84. The molecule has 0 spiro atoms. The summed E-state index contributed by atoms with van der Waals surface area (Å²) in [6.07, 6.45) is 0.928. The van der Waals surface area contributed by atoms with Crippen molar-refractivity contribution < 1.29 is 40.9 Å². The van der Waals surface area contributed by atoms with E-state index in [0.717, 1.165) is 0 Å². The molecule has 0 bridgehead atoms. The summed E-state index contributed by atoms with van der Waals surface area (Å²) >= 11 is 0. The van der Waals surface area contributed by atoms with Crippen molar-refractivity contribution in [3.8, 4) is 0 Å². The van der Waals surface area contributed by atoms with Gasteiger partial charge < -0.3 is 19.8 Å². The quantitative estimate of drug-likeness (QED) is 0.529. The smallest absolute Gasteiger partial charge is 0.549 e. The summed E-state index contributed by atoms with van der Waals surface area (Å²) in [6, 6.07) is 0.